The second-order valence-electron chi connectivity index (χ2n) is 7.75. The first kappa shape index (κ1) is 18.1. The molecule has 2 unspecified atom stereocenters. The topological polar surface area (TPSA) is 61.4 Å². The van der Waals surface area contributed by atoms with Gasteiger partial charge in [0.1, 0.15) is 0 Å². The monoisotopic (exact) mass is 345 g/mol. The molecular weight excluding hydrogens is 314 g/mol. The third-order valence-corrected chi connectivity index (χ3v) is 5.29. The van der Waals surface area contributed by atoms with Crippen LogP contribution in [0, 0.1) is 19.8 Å². The minimum atomic E-state index is 0.176. The van der Waals surface area contributed by atoms with E-state index in [1.807, 2.05) is 19.9 Å². The molecule has 2 aliphatic rings. The van der Waals surface area contributed by atoms with E-state index in [0.29, 0.717) is 12.6 Å². The average molecular weight is 345 g/mol. The van der Waals surface area contributed by atoms with Gasteiger partial charge in [-0.15, -0.1) is 0 Å². The average Bonchev–Trinajstić information content (AvgIpc) is 2.54. The van der Waals surface area contributed by atoms with Crippen molar-refractivity contribution in [2.75, 3.05) is 37.6 Å². The molecule has 1 aliphatic heterocycles. The molecule has 0 aromatic carbocycles. The SMILES string of the molecule is Cc1cc(C)nc(N2CCN(CC(=O)NC3CCCC(C)C3)CC2)n1. The van der Waals surface area contributed by atoms with E-state index in [2.05, 4.69) is 32.0 Å². The number of hydrogen-bond donors (Lipinski definition) is 1. The zero-order valence-electron chi connectivity index (χ0n) is 15.8. The van der Waals surface area contributed by atoms with E-state index in [4.69, 9.17) is 0 Å². The summed E-state index contributed by atoms with van der Waals surface area (Å²) >= 11 is 0. The van der Waals surface area contributed by atoms with E-state index in [0.717, 1.165) is 62.3 Å². The van der Waals surface area contributed by atoms with Crippen LogP contribution in [-0.4, -0.2) is 59.5 Å². The number of anilines is 1. The van der Waals surface area contributed by atoms with E-state index in [9.17, 15) is 4.79 Å². The minimum absolute atomic E-state index is 0.176. The lowest BCUT2D eigenvalue weighted by Crippen LogP contribution is -2.51. The summed E-state index contributed by atoms with van der Waals surface area (Å²) in [6, 6.07) is 2.37. The number of piperazine rings is 1. The van der Waals surface area contributed by atoms with Crippen molar-refractivity contribution in [2.45, 2.75) is 52.5 Å². The minimum Gasteiger partial charge on any atom is -0.352 e. The van der Waals surface area contributed by atoms with Gasteiger partial charge in [-0.3, -0.25) is 9.69 Å². The number of rotatable bonds is 4. The molecule has 1 N–H and O–H groups in total. The fourth-order valence-electron chi connectivity index (χ4n) is 4.00. The summed E-state index contributed by atoms with van der Waals surface area (Å²) in [6.45, 7) is 10.3. The second-order valence-corrected chi connectivity index (χ2v) is 7.75. The maximum absolute atomic E-state index is 12.3. The van der Waals surface area contributed by atoms with Gasteiger partial charge in [0.15, 0.2) is 0 Å². The van der Waals surface area contributed by atoms with Crippen LogP contribution in [0.2, 0.25) is 0 Å². The van der Waals surface area contributed by atoms with Crippen molar-refractivity contribution in [2.24, 2.45) is 5.92 Å². The predicted octanol–water partition coefficient (Wildman–Crippen LogP) is 1.91. The summed E-state index contributed by atoms with van der Waals surface area (Å²) in [5, 5.41) is 3.24. The Morgan fingerprint density at radius 2 is 1.84 bits per heavy atom. The number of carbonyl (C=O) groups excluding carboxylic acids is 1. The van der Waals surface area contributed by atoms with E-state index in [-0.39, 0.29) is 5.91 Å². The molecule has 25 heavy (non-hydrogen) atoms. The van der Waals surface area contributed by atoms with E-state index in [1.165, 1.54) is 12.8 Å². The highest BCUT2D eigenvalue weighted by Crippen LogP contribution is 2.23. The van der Waals surface area contributed by atoms with Crippen molar-refractivity contribution in [3.05, 3.63) is 17.5 Å². The molecule has 2 heterocycles. The van der Waals surface area contributed by atoms with Crippen molar-refractivity contribution in [1.82, 2.24) is 20.2 Å². The fourth-order valence-corrected chi connectivity index (χ4v) is 4.00. The summed E-state index contributed by atoms with van der Waals surface area (Å²) in [5.41, 5.74) is 2.01. The largest absolute Gasteiger partial charge is 0.352 e. The lowest BCUT2D eigenvalue weighted by atomic mass is 9.87. The molecule has 1 amide bonds. The molecule has 0 spiro atoms. The zero-order valence-corrected chi connectivity index (χ0v) is 15.8. The molecule has 2 atom stereocenters. The van der Waals surface area contributed by atoms with Gasteiger partial charge in [0.2, 0.25) is 11.9 Å². The molecule has 1 aromatic heterocycles. The van der Waals surface area contributed by atoms with Gasteiger partial charge in [0.05, 0.1) is 6.54 Å². The van der Waals surface area contributed by atoms with Gasteiger partial charge in [0, 0.05) is 43.6 Å². The predicted molar refractivity (Wildman–Crippen MR) is 99.7 cm³/mol. The molecule has 0 bridgehead atoms. The maximum Gasteiger partial charge on any atom is 0.234 e. The Morgan fingerprint density at radius 1 is 1.16 bits per heavy atom. The van der Waals surface area contributed by atoms with E-state index >= 15 is 0 Å². The van der Waals surface area contributed by atoms with Gasteiger partial charge in [-0.25, -0.2) is 9.97 Å². The second kappa shape index (κ2) is 8.13. The maximum atomic E-state index is 12.3. The van der Waals surface area contributed by atoms with Gasteiger partial charge in [-0.2, -0.15) is 0 Å². The molecule has 1 aliphatic carbocycles. The third kappa shape index (κ3) is 5.14. The standard InChI is InChI=1S/C19H31N5O/c1-14-5-4-6-17(11-14)22-18(25)13-23-7-9-24(10-8-23)19-20-15(2)12-16(3)21-19/h12,14,17H,4-11,13H2,1-3H3,(H,22,25). The van der Waals surface area contributed by atoms with Crippen LogP contribution in [0.5, 0.6) is 0 Å². The van der Waals surface area contributed by atoms with Gasteiger partial charge < -0.3 is 10.2 Å². The molecular formula is C19H31N5O. The molecule has 3 rings (SSSR count). The highest BCUT2D eigenvalue weighted by Gasteiger charge is 2.24. The Balaban J connectivity index is 1.45. The number of amides is 1. The van der Waals surface area contributed by atoms with Gasteiger partial charge in [-0.05, 0) is 38.7 Å². The third-order valence-electron chi connectivity index (χ3n) is 5.29. The Bertz CT molecular complexity index is 577. The first-order chi connectivity index (χ1) is 12.0. The Labute approximate surface area is 151 Å². The zero-order chi connectivity index (χ0) is 17.8. The molecule has 0 radical (unpaired) electrons. The molecule has 2 fully saturated rings. The first-order valence-electron chi connectivity index (χ1n) is 9.58. The number of nitrogens with zero attached hydrogens (tertiary/aromatic N) is 4. The van der Waals surface area contributed by atoms with Crippen LogP contribution < -0.4 is 10.2 Å². The molecule has 6 heteroatoms. The van der Waals surface area contributed by atoms with Gasteiger partial charge >= 0.3 is 0 Å². The molecule has 1 saturated heterocycles. The fraction of sp³-hybridized carbons (Fsp3) is 0.737. The summed E-state index contributed by atoms with van der Waals surface area (Å²) in [6.07, 6.45) is 4.80. The summed E-state index contributed by atoms with van der Waals surface area (Å²) in [4.78, 5) is 25.9. The first-order valence-corrected chi connectivity index (χ1v) is 9.58. The molecule has 1 aromatic rings. The van der Waals surface area contributed by atoms with Crippen molar-refractivity contribution in [1.29, 1.82) is 0 Å². The highest BCUT2D eigenvalue weighted by atomic mass is 16.2. The van der Waals surface area contributed by atoms with Crippen molar-refractivity contribution in [3.63, 3.8) is 0 Å². The lowest BCUT2D eigenvalue weighted by Gasteiger charge is -2.35. The molecule has 1 saturated carbocycles. The smallest absolute Gasteiger partial charge is 0.234 e. The van der Waals surface area contributed by atoms with Crippen LogP contribution in [0.3, 0.4) is 0 Å². The quantitative estimate of drug-likeness (QED) is 0.903. The van der Waals surface area contributed by atoms with Crippen LogP contribution in [0.25, 0.3) is 0 Å². The van der Waals surface area contributed by atoms with E-state index < -0.39 is 0 Å². The normalized spacial score (nSPS) is 25.0. The lowest BCUT2D eigenvalue weighted by molar-refractivity contribution is -0.123. The highest BCUT2D eigenvalue weighted by molar-refractivity contribution is 5.78. The van der Waals surface area contributed by atoms with Crippen molar-refractivity contribution >= 4 is 11.9 Å². The number of carbonyl (C=O) groups is 1. The van der Waals surface area contributed by atoms with Crippen LogP contribution >= 0.6 is 0 Å². The van der Waals surface area contributed by atoms with Crippen molar-refractivity contribution in [3.8, 4) is 0 Å². The van der Waals surface area contributed by atoms with Crippen LogP contribution in [-0.2, 0) is 4.79 Å². The van der Waals surface area contributed by atoms with Crippen molar-refractivity contribution < 1.29 is 4.79 Å². The van der Waals surface area contributed by atoms with Crippen LogP contribution in [0.4, 0.5) is 5.95 Å². The van der Waals surface area contributed by atoms with Crippen LogP contribution in [0.15, 0.2) is 6.07 Å². The Hall–Kier alpha value is -1.69. The van der Waals surface area contributed by atoms with Gasteiger partial charge in [-0.1, -0.05) is 19.8 Å². The number of aromatic nitrogens is 2. The summed E-state index contributed by atoms with van der Waals surface area (Å²) in [7, 11) is 0. The number of aryl methyl sites for hydroxylation is 2. The van der Waals surface area contributed by atoms with Gasteiger partial charge in [0.25, 0.3) is 0 Å². The summed E-state index contributed by atoms with van der Waals surface area (Å²) < 4.78 is 0. The Kier molecular flexibility index (Phi) is 5.89. The summed E-state index contributed by atoms with van der Waals surface area (Å²) in [5.74, 6) is 1.73. The number of hydrogen-bond acceptors (Lipinski definition) is 5. The van der Waals surface area contributed by atoms with Crippen LogP contribution in [0.1, 0.15) is 44.0 Å². The van der Waals surface area contributed by atoms with E-state index in [1.54, 1.807) is 0 Å². The Morgan fingerprint density at radius 3 is 2.48 bits per heavy atom. The molecule has 138 valence electrons. The number of nitrogens with one attached hydrogen (secondary N) is 1. The molecule has 6 nitrogen and oxygen atoms in total.